The number of thioether (sulfide) groups is 2. The molecule has 0 atom stereocenters. The molecule has 4 rings (SSSR count). The van der Waals surface area contributed by atoms with Gasteiger partial charge in [0.2, 0.25) is 0 Å². The number of aromatic amines is 1. The van der Waals surface area contributed by atoms with Crippen LogP contribution in [0.4, 0.5) is 10.5 Å². The Labute approximate surface area is 210 Å². The molecule has 0 bridgehead atoms. The van der Waals surface area contributed by atoms with Crippen LogP contribution in [0.2, 0.25) is 10.0 Å². The SMILES string of the molecule is Cc1c(CSc2nc3ccccc3[nH]2)cccc1SCCOC(=O)Nc1ccc(Cl)c(Cl)c1. The lowest BCUT2D eigenvalue weighted by Gasteiger charge is -2.11. The fourth-order valence-corrected chi connectivity index (χ4v) is 5.29. The number of carbonyl (C=O) groups is 1. The first-order chi connectivity index (χ1) is 16.0. The number of hydrogen-bond acceptors (Lipinski definition) is 5. The highest BCUT2D eigenvalue weighted by Crippen LogP contribution is 2.30. The van der Waals surface area contributed by atoms with Crippen LogP contribution in [-0.2, 0) is 10.5 Å². The molecule has 33 heavy (non-hydrogen) atoms. The largest absolute Gasteiger partial charge is 0.448 e. The summed E-state index contributed by atoms with van der Waals surface area (Å²) in [4.78, 5) is 21.2. The zero-order valence-electron chi connectivity index (χ0n) is 17.7. The number of nitrogens with zero attached hydrogens (tertiary/aromatic N) is 1. The van der Waals surface area contributed by atoms with E-state index in [1.165, 1.54) is 16.0 Å². The fraction of sp³-hybridized carbons (Fsp3) is 0.167. The minimum atomic E-state index is -0.526. The zero-order chi connectivity index (χ0) is 23.2. The van der Waals surface area contributed by atoms with Crippen LogP contribution in [0.15, 0.2) is 70.7 Å². The van der Waals surface area contributed by atoms with Crippen molar-refractivity contribution in [2.24, 2.45) is 0 Å². The van der Waals surface area contributed by atoms with Gasteiger partial charge in [-0.05, 0) is 54.4 Å². The molecule has 9 heteroatoms. The highest BCUT2D eigenvalue weighted by molar-refractivity contribution is 7.99. The van der Waals surface area contributed by atoms with Crippen molar-refractivity contribution in [3.63, 3.8) is 0 Å². The molecule has 1 heterocycles. The van der Waals surface area contributed by atoms with Gasteiger partial charge in [-0.2, -0.15) is 0 Å². The summed E-state index contributed by atoms with van der Waals surface area (Å²) in [7, 11) is 0. The predicted octanol–water partition coefficient (Wildman–Crippen LogP) is 7.81. The normalized spacial score (nSPS) is 11.0. The lowest BCUT2D eigenvalue weighted by atomic mass is 10.1. The molecule has 170 valence electrons. The fourth-order valence-electron chi connectivity index (χ4n) is 3.13. The molecular formula is C24H21Cl2N3O2S2. The van der Waals surface area contributed by atoms with E-state index in [2.05, 4.69) is 40.4 Å². The third-order valence-corrected chi connectivity index (χ3v) is 7.65. The highest BCUT2D eigenvalue weighted by atomic mass is 35.5. The first kappa shape index (κ1) is 23.8. The molecule has 2 N–H and O–H groups in total. The van der Waals surface area contributed by atoms with E-state index in [1.807, 2.05) is 24.3 Å². The Kier molecular flexibility index (Phi) is 8.09. The standard InChI is InChI=1S/C24H21Cl2N3O2S2/c1-15-16(14-33-23-28-20-6-2-3-7-21(20)29-23)5-4-8-22(15)32-12-11-31-24(30)27-17-9-10-18(25)19(26)13-17/h2-10,13H,11-12,14H2,1H3,(H,27,30)(H,28,29). The minimum Gasteiger partial charge on any atom is -0.448 e. The van der Waals surface area contributed by atoms with E-state index in [-0.39, 0.29) is 6.61 Å². The molecule has 0 fully saturated rings. The Hall–Kier alpha value is -2.32. The molecule has 1 aromatic heterocycles. The van der Waals surface area contributed by atoms with Crippen molar-refractivity contribution in [3.05, 3.63) is 81.8 Å². The van der Waals surface area contributed by atoms with E-state index >= 15 is 0 Å². The summed E-state index contributed by atoms with van der Waals surface area (Å²) >= 11 is 15.2. The molecule has 0 saturated heterocycles. The first-order valence-corrected chi connectivity index (χ1v) is 12.9. The van der Waals surface area contributed by atoms with Crippen LogP contribution in [0.25, 0.3) is 11.0 Å². The van der Waals surface area contributed by atoms with E-state index in [9.17, 15) is 4.79 Å². The van der Waals surface area contributed by atoms with Gasteiger partial charge in [0.05, 0.1) is 21.1 Å². The molecule has 4 aromatic rings. The van der Waals surface area contributed by atoms with Crippen LogP contribution in [-0.4, -0.2) is 28.4 Å². The van der Waals surface area contributed by atoms with Gasteiger partial charge in [0.1, 0.15) is 6.61 Å². The zero-order valence-corrected chi connectivity index (χ0v) is 20.9. The predicted molar refractivity (Wildman–Crippen MR) is 139 cm³/mol. The molecule has 0 aliphatic heterocycles. The first-order valence-electron chi connectivity index (χ1n) is 10.2. The summed E-state index contributed by atoms with van der Waals surface area (Å²) in [6.07, 6.45) is -0.526. The monoisotopic (exact) mass is 517 g/mol. The van der Waals surface area contributed by atoms with Gasteiger partial charge in [-0.25, -0.2) is 9.78 Å². The van der Waals surface area contributed by atoms with Crippen LogP contribution in [0.1, 0.15) is 11.1 Å². The van der Waals surface area contributed by atoms with Gasteiger partial charge < -0.3 is 9.72 Å². The maximum Gasteiger partial charge on any atom is 0.411 e. The number of anilines is 1. The van der Waals surface area contributed by atoms with Crippen molar-refractivity contribution in [3.8, 4) is 0 Å². The van der Waals surface area contributed by atoms with Crippen LogP contribution in [0.3, 0.4) is 0 Å². The Bertz CT molecular complexity index is 1250. The average molecular weight is 518 g/mol. The molecule has 0 aliphatic carbocycles. The van der Waals surface area contributed by atoms with E-state index < -0.39 is 6.09 Å². The van der Waals surface area contributed by atoms with Crippen molar-refractivity contribution < 1.29 is 9.53 Å². The number of carbonyl (C=O) groups excluding carboxylic acids is 1. The molecule has 1 amide bonds. The van der Waals surface area contributed by atoms with Crippen molar-refractivity contribution in [2.45, 2.75) is 22.7 Å². The topological polar surface area (TPSA) is 67.0 Å². The number of H-pyrrole nitrogens is 1. The Balaban J connectivity index is 1.26. The Morgan fingerprint density at radius 3 is 2.73 bits per heavy atom. The van der Waals surface area contributed by atoms with Crippen molar-refractivity contribution >= 4 is 69.5 Å². The van der Waals surface area contributed by atoms with Crippen molar-refractivity contribution in [1.29, 1.82) is 0 Å². The minimum absolute atomic E-state index is 0.287. The number of ether oxygens (including phenoxy) is 1. The maximum atomic E-state index is 12.0. The van der Waals surface area contributed by atoms with E-state index in [0.29, 0.717) is 21.5 Å². The number of para-hydroxylation sites is 2. The number of imidazole rings is 1. The summed E-state index contributed by atoms with van der Waals surface area (Å²) in [5, 5.41) is 4.36. The summed E-state index contributed by atoms with van der Waals surface area (Å²) < 4.78 is 5.28. The number of halogens is 2. The molecule has 0 unspecified atom stereocenters. The number of fused-ring (bicyclic) bond motifs is 1. The van der Waals surface area contributed by atoms with Gasteiger partial charge >= 0.3 is 6.09 Å². The highest BCUT2D eigenvalue weighted by Gasteiger charge is 2.09. The van der Waals surface area contributed by atoms with Crippen molar-refractivity contribution in [2.75, 3.05) is 17.7 Å². The molecule has 0 radical (unpaired) electrons. The van der Waals surface area contributed by atoms with E-state index in [4.69, 9.17) is 27.9 Å². The third kappa shape index (κ3) is 6.38. The molecule has 5 nitrogen and oxygen atoms in total. The second-order valence-corrected chi connectivity index (χ2v) is 10.0. The molecule has 0 spiro atoms. The summed E-state index contributed by atoms with van der Waals surface area (Å²) in [6, 6.07) is 19.2. The number of aromatic nitrogens is 2. The van der Waals surface area contributed by atoms with Crippen LogP contribution in [0, 0.1) is 6.92 Å². The number of hydrogen-bond donors (Lipinski definition) is 2. The smallest absolute Gasteiger partial charge is 0.411 e. The van der Waals surface area contributed by atoms with Gasteiger partial charge in [0, 0.05) is 22.1 Å². The number of amides is 1. The maximum absolute atomic E-state index is 12.0. The average Bonchev–Trinajstić information content (AvgIpc) is 3.22. The summed E-state index contributed by atoms with van der Waals surface area (Å²) in [5.74, 6) is 1.47. The lowest BCUT2D eigenvalue weighted by Crippen LogP contribution is -2.15. The van der Waals surface area contributed by atoms with Gasteiger partial charge in [-0.15, -0.1) is 11.8 Å². The van der Waals surface area contributed by atoms with E-state index in [0.717, 1.165) is 21.9 Å². The number of rotatable bonds is 8. The molecular weight excluding hydrogens is 497 g/mol. The Morgan fingerprint density at radius 1 is 1.06 bits per heavy atom. The van der Waals surface area contributed by atoms with Gasteiger partial charge in [-0.1, -0.05) is 59.2 Å². The summed E-state index contributed by atoms with van der Waals surface area (Å²) in [6.45, 7) is 2.41. The van der Waals surface area contributed by atoms with E-state index in [1.54, 1.807) is 41.7 Å². The third-order valence-electron chi connectivity index (χ3n) is 4.87. The molecule has 0 aliphatic rings. The Morgan fingerprint density at radius 2 is 1.91 bits per heavy atom. The molecule has 3 aromatic carbocycles. The van der Waals surface area contributed by atoms with Crippen LogP contribution >= 0.6 is 46.7 Å². The van der Waals surface area contributed by atoms with Crippen molar-refractivity contribution in [1.82, 2.24) is 9.97 Å². The summed E-state index contributed by atoms with van der Waals surface area (Å²) in [5.41, 5.74) is 5.04. The van der Waals surface area contributed by atoms with Crippen LogP contribution in [0.5, 0.6) is 0 Å². The second kappa shape index (κ2) is 11.2. The quantitative estimate of drug-likeness (QED) is 0.184. The lowest BCUT2D eigenvalue weighted by molar-refractivity contribution is 0.169. The number of nitrogens with one attached hydrogen (secondary N) is 2. The second-order valence-electron chi connectivity index (χ2n) is 7.13. The van der Waals surface area contributed by atoms with Crippen LogP contribution < -0.4 is 5.32 Å². The number of benzene rings is 3. The van der Waals surface area contributed by atoms with Gasteiger partial charge in [-0.3, -0.25) is 5.32 Å². The molecule has 0 saturated carbocycles. The van der Waals surface area contributed by atoms with Gasteiger partial charge in [0.25, 0.3) is 0 Å². The van der Waals surface area contributed by atoms with Gasteiger partial charge in [0.15, 0.2) is 5.16 Å².